The molecule has 4 rings (SSSR count). The predicted octanol–water partition coefficient (Wildman–Crippen LogP) is 5.76. The average Bonchev–Trinajstić information content (AvgIpc) is 3.46. The smallest absolute Gasteiger partial charge is 0.417 e. The fourth-order valence-electron chi connectivity index (χ4n) is 5.15. The van der Waals surface area contributed by atoms with Crippen molar-refractivity contribution in [2.24, 2.45) is 0 Å². The molecule has 194 valence electrons. The molecule has 1 unspecified atom stereocenters. The molecule has 3 aromatic rings. The van der Waals surface area contributed by atoms with Crippen molar-refractivity contribution in [1.29, 1.82) is 0 Å². The van der Waals surface area contributed by atoms with E-state index in [4.69, 9.17) is 4.74 Å². The molecule has 9 heteroatoms. The van der Waals surface area contributed by atoms with Crippen LogP contribution in [-0.2, 0) is 11.8 Å². The monoisotopic (exact) mass is 506 g/mol. The predicted molar refractivity (Wildman–Crippen MR) is 129 cm³/mol. The second kappa shape index (κ2) is 9.42. The Morgan fingerprint density at radius 1 is 1.08 bits per heavy atom. The van der Waals surface area contributed by atoms with Crippen LogP contribution in [-0.4, -0.2) is 52.9 Å². The molecule has 2 N–H and O–H groups in total. The van der Waals surface area contributed by atoms with Crippen molar-refractivity contribution in [1.82, 2.24) is 9.88 Å². The molecule has 5 nitrogen and oxygen atoms in total. The largest absolute Gasteiger partial charge is 0.496 e. The van der Waals surface area contributed by atoms with Gasteiger partial charge in [-0.1, -0.05) is 19.9 Å². The van der Waals surface area contributed by atoms with Crippen molar-refractivity contribution in [2.75, 3.05) is 20.2 Å². The van der Waals surface area contributed by atoms with E-state index in [9.17, 15) is 27.5 Å². The van der Waals surface area contributed by atoms with E-state index in [2.05, 4.69) is 4.98 Å². The topological polar surface area (TPSA) is 65.6 Å². The van der Waals surface area contributed by atoms with E-state index >= 15 is 0 Å². The Kier molecular flexibility index (Phi) is 6.81. The summed E-state index contributed by atoms with van der Waals surface area (Å²) < 4.78 is 61.7. The first kappa shape index (κ1) is 26.0. The summed E-state index contributed by atoms with van der Waals surface area (Å²) in [5.41, 5.74) is -2.68. The number of fused-ring (bicyclic) bond motifs is 1. The van der Waals surface area contributed by atoms with Crippen molar-refractivity contribution in [3.05, 3.63) is 65.1 Å². The van der Waals surface area contributed by atoms with Gasteiger partial charge < -0.3 is 19.7 Å². The van der Waals surface area contributed by atoms with E-state index < -0.39 is 35.9 Å². The molecule has 1 aliphatic rings. The molecule has 1 saturated heterocycles. The molecule has 1 aromatic heterocycles. The Balaban J connectivity index is 1.63. The van der Waals surface area contributed by atoms with Gasteiger partial charge in [0.1, 0.15) is 11.6 Å². The number of carbonyl (C=O) groups is 1. The number of rotatable bonds is 7. The van der Waals surface area contributed by atoms with E-state index in [1.54, 1.807) is 36.9 Å². The van der Waals surface area contributed by atoms with Gasteiger partial charge in [-0.3, -0.25) is 4.79 Å². The van der Waals surface area contributed by atoms with Gasteiger partial charge in [0, 0.05) is 53.3 Å². The van der Waals surface area contributed by atoms with E-state index in [1.807, 2.05) is 0 Å². The van der Waals surface area contributed by atoms with Gasteiger partial charge in [-0.15, -0.1) is 0 Å². The Bertz CT molecular complexity index is 1260. The van der Waals surface area contributed by atoms with Crippen LogP contribution in [0.1, 0.15) is 54.7 Å². The first-order valence-corrected chi connectivity index (χ1v) is 11.9. The van der Waals surface area contributed by atoms with Crippen LogP contribution < -0.4 is 4.74 Å². The Morgan fingerprint density at radius 3 is 2.42 bits per heavy atom. The normalized spacial score (nSPS) is 16.4. The van der Waals surface area contributed by atoms with Gasteiger partial charge in [-0.25, -0.2) is 4.39 Å². The maximum absolute atomic E-state index is 14.3. The minimum atomic E-state index is -4.94. The molecular weight excluding hydrogens is 476 g/mol. The van der Waals surface area contributed by atoms with Crippen molar-refractivity contribution in [3.63, 3.8) is 0 Å². The fraction of sp³-hybridized carbons (Fsp3) is 0.444. The number of nitrogens with zero attached hydrogens (tertiary/aromatic N) is 1. The first-order chi connectivity index (χ1) is 16.8. The number of ether oxygens (including phenoxy) is 1. The highest BCUT2D eigenvalue weighted by Crippen LogP contribution is 2.45. The number of hydrogen-bond donors (Lipinski definition) is 2. The summed E-state index contributed by atoms with van der Waals surface area (Å²) in [7, 11) is 1.32. The van der Waals surface area contributed by atoms with Gasteiger partial charge in [0.05, 0.1) is 7.11 Å². The fourth-order valence-corrected chi connectivity index (χ4v) is 5.15. The van der Waals surface area contributed by atoms with Crippen molar-refractivity contribution < 1.29 is 32.2 Å². The second-order valence-electron chi connectivity index (χ2n) is 10.2. The maximum atomic E-state index is 14.3. The number of amides is 1. The highest BCUT2D eigenvalue weighted by Gasteiger charge is 2.56. The zero-order valence-electron chi connectivity index (χ0n) is 20.5. The number of benzene rings is 2. The number of methoxy groups -OCH3 is 1. The van der Waals surface area contributed by atoms with Crippen LogP contribution in [0.25, 0.3) is 10.9 Å². The molecule has 36 heavy (non-hydrogen) atoms. The quantitative estimate of drug-likeness (QED) is 0.401. The van der Waals surface area contributed by atoms with E-state index in [-0.39, 0.29) is 17.4 Å². The molecule has 0 saturated carbocycles. The number of aliphatic hydroxyl groups is 1. The number of nitrogens with one attached hydrogen (secondary N) is 1. The summed E-state index contributed by atoms with van der Waals surface area (Å²) in [6.45, 7) is 4.51. The third-order valence-corrected chi connectivity index (χ3v) is 6.95. The van der Waals surface area contributed by atoms with Crippen molar-refractivity contribution in [2.45, 2.75) is 56.7 Å². The Morgan fingerprint density at radius 2 is 1.78 bits per heavy atom. The van der Waals surface area contributed by atoms with Crippen LogP contribution in [0.3, 0.4) is 0 Å². The highest BCUT2D eigenvalue weighted by atomic mass is 19.4. The third-order valence-electron chi connectivity index (χ3n) is 6.95. The standard InChI is InChI=1S/C27H30F4N2O3/c1-25(2,21-8-7-19(28)14-23(21)36-3)16-26(35,27(29,30)31)15-20-13-18-12-17(6-9-22(18)32-20)24(34)33-10-4-5-11-33/h6-9,12-14,32,35H,4-5,10-11,15-16H2,1-3H3. The van der Waals surface area contributed by atoms with Gasteiger partial charge >= 0.3 is 6.18 Å². The first-order valence-electron chi connectivity index (χ1n) is 11.9. The van der Waals surface area contributed by atoms with Gasteiger partial charge in [0.15, 0.2) is 5.60 Å². The lowest BCUT2D eigenvalue weighted by Crippen LogP contribution is -2.51. The molecule has 2 heterocycles. The minimum Gasteiger partial charge on any atom is -0.496 e. The minimum absolute atomic E-state index is 0.0982. The number of alkyl halides is 3. The van der Waals surface area contributed by atoms with Gasteiger partial charge in [0.2, 0.25) is 0 Å². The molecule has 2 aromatic carbocycles. The number of H-pyrrole nitrogens is 1. The molecule has 1 atom stereocenters. The number of hydrogen-bond acceptors (Lipinski definition) is 3. The van der Waals surface area contributed by atoms with Gasteiger partial charge in [-0.05, 0) is 55.0 Å². The van der Waals surface area contributed by atoms with Crippen molar-refractivity contribution in [3.8, 4) is 5.75 Å². The lowest BCUT2D eigenvalue weighted by molar-refractivity contribution is -0.266. The Hall–Kier alpha value is -3.07. The van der Waals surface area contributed by atoms with E-state index in [0.29, 0.717) is 35.1 Å². The number of halogens is 4. The van der Waals surface area contributed by atoms with Crippen LogP contribution in [0.15, 0.2) is 42.5 Å². The Labute approximate surface area is 207 Å². The molecule has 0 spiro atoms. The zero-order chi connectivity index (χ0) is 26.3. The lowest BCUT2D eigenvalue weighted by Gasteiger charge is -2.38. The van der Waals surface area contributed by atoms with E-state index in [0.717, 1.165) is 25.0 Å². The summed E-state index contributed by atoms with van der Waals surface area (Å²) in [5, 5.41) is 11.6. The van der Waals surface area contributed by atoms with Crippen LogP contribution in [0.2, 0.25) is 0 Å². The number of aromatic nitrogens is 1. The lowest BCUT2D eigenvalue weighted by atomic mass is 9.73. The second-order valence-corrected chi connectivity index (χ2v) is 10.2. The van der Waals surface area contributed by atoms with Crippen LogP contribution >= 0.6 is 0 Å². The molecule has 1 fully saturated rings. The summed E-state index contributed by atoms with van der Waals surface area (Å²) >= 11 is 0. The molecule has 1 aliphatic heterocycles. The van der Waals surface area contributed by atoms with Gasteiger partial charge in [-0.2, -0.15) is 13.2 Å². The molecule has 0 aliphatic carbocycles. The van der Waals surface area contributed by atoms with Crippen LogP contribution in [0, 0.1) is 5.82 Å². The number of aromatic amines is 1. The SMILES string of the molecule is COc1cc(F)ccc1C(C)(C)CC(O)(Cc1cc2cc(C(=O)N3CCCC3)ccc2[nH]1)C(F)(F)F. The summed E-state index contributed by atoms with van der Waals surface area (Å²) in [6.07, 6.45) is -4.42. The molecular formula is C27H30F4N2O3. The number of carbonyl (C=O) groups excluding carboxylic acids is 1. The van der Waals surface area contributed by atoms with Crippen LogP contribution in [0.5, 0.6) is 5.75 Å². The average molecular weight is 507 g/mol. The number of likely N-dealkylation sites (tertiary alicyclic amines) is 1. The maximum Gasteiger partial charge on any atom is 0.417 e. The van der Waals surface area contributed by atoms with E-state index in [1.165, 1.54) is 19.2 Å². The molecule has 0 bridgehead atoms. The van der Waals surface area contributed by atoms with Crippen molar-refractivity contribution >= 4 is 16.8 Å². The molecule has 0 radical (unpaired) electrons. The summed E-state index contributed by atoms with van der Waals surface area (Å²) in [6, 6.07) is 10.2. The van der Waals surface area contributed by atoms with Crippen LogP contribution in [0.4, 0.5) is 17.6 Å². The van der Waals surface area contributed by atoms with Gasteiger partial charge in [0.25, 0.3) is 5.91 Å². The highest BCUT2D eigenvalue weighted by molar-refractivity contribution is 5.98. The third kappa shape index (κ3) is 5.07. The summed E-state index contributed by atoms with van der Waals surface area (Å²) in [4.78, 5) is 17.4. The molecule has 1 amide bonds. The zero-order valence-corrected chi connectivity index (χ0v) is 20.5. The summed E-state index contributed by atoms with van der Waals surface area (Å²) in [5.74, 6) is -0.553.